The van der Waals surface area contributed by atoms with Gasteiger partial charge in [0.25, 0.3) is 0 Å². The van der Waals surface area contributed by atoms with Crippen LogP contribution in [0.5, 0.6) is 0 Å². The number of anilines is 1. The Morgan fingerprint density at radius 2 is 2.14 bits per heavy atom. The quantitative estimate of drug-likeness (QED) is 0.854. The van der Waals surface area contributed by atoms with E-state index in [-0.39, 0.29) is 11.8 Å². The van der Waals surface area contributed by atoms with Crippen LogP contribution >= 0.6 is 23.1 Å². The first kappa shape index (κ1) is 15.9. The highest BCUT2D eigenvalue weighted by Crippen LogP contribution is 2.29. The van der Waals surface area contributed by atoms with E-state index in [9.17, 15) is 4.79 Å². The zero-order valence-electron chi connectivity index (χ0n) is 11.9. The Labute approximate surface area is 132 Å². The molecule has 3 N–H and O–H groups in total. The van der Waals surface area contributed by atoms with Gasteiger partial charge in [0.05, 0.1) is 6.04 Å². The van der Waals surface area contributed by atoms with Gasteiger partial charge in [0.1, 0.15) is 5.51 Å². The number of rotatable bonds is 6. The fourth-order valence-corrected chi connectivity index (χ4v) is 3.10. The smallest absolute Gasteiger partial charge is 0.241 e. The second-order valence-electron chi connectivity index (χ2n) is 4.73. The summed E-state index contributed by atoms with van der Waals surface area (Å²) in [6.07, 6.45) is 0.881. The number of nitrogens with zero attached hydrogens (tertiary/aromatic N) is 2. The molecule has 1 aromatic carbocycles. The van der Waals surface area contributed by atoms with E-state index in [2.05, 4.69) is 15.5 Å². The van der Waals surface area contributed by atoms with Gasteiger partial charge in [0.2, 0.25) is 5.91 Å². The molecule has 5 nitrogen and oxygen atoms in total. The van der Waals surface area contributed by atoms with E-state index >= 15 is 0 Å². The Morgan fingerprint density at radius 1 is 1.43 bits per heavy atom. The van der Waals surface area contributed by atoms with E-state index in [1.807, 2.05) is 38.1 Å². The molecule has 0 bridgehead atoms. The minimum absolute atomic E-state index is 0.145. The van der Waals surface area contributed by atoms with Crippen LogP contribution in [0.3, 0.4) is 0 Å². The maximum atomic E-state index is 12.0. The monoisotopic (exact) mass is 322 g/mol. The zero-order valence-corrected chi connectivity index (χ0v) is 13.6. The molecule has 1 heterocycles. The van der Waals surface area contributed by atoms with Crippen LogP contribution in [0.2, 0.25) is 0 Å². The molecule has 2 atom stereocenters. The molecule has 2 rings (SSSR count). The van der Waals surface area contributed by atoms with Crippen LogP contribution in [0.15, 0.2) is 39.0 Å². The van der Waals surface area contributed by atoms with Crippen molar-refractivity contribution in [1.82, 2.24) is 10.2 Å². The molecule has 0 saturated heterocycles. The number of benzene rings is 1. The van der Waals surface area contributed by atoms with Gasteiger partial charge in [-0.05, 0) is 30.2 Å². The van der Waals surface area contributed by atoms with Gasteiger partial charge in [-0.2, -0.15) is 0 Å². The lowest BCUT2D eigenvalue weighted by molar-refractivity contribution is -0.118. The second kappa shape index (κ2) is 7.53. The summed E-state index contributed by atoms with van der Waals surface area (Å²) in [4.78, 5) is 13.0. The highest BCUT2D eigenvalue weighted by atomic mass is 32.2. The summed E-state index contributed by atoms with van der Waals surface area (Å²) in [7, 11) is 0. The maximum absolute atomic E-state index is 12.0. The summed E-state index contributed by atoms with van der Waals surface area (Å²) in [5.74, 6) is 0.0195. The molecule has 2 unspecified atom stereocenters. The molecule has 21 heavy (non-hydrogen) atoms. The van der Waals surface area contributed by atoms with E-state index in [1.54, 1.807) is 17.3 Å². The van der Waals surface area contributed by atoms with Crippen molar-refractivity contribution in [3.8, 4) is 0 Å². The van der Waals surface area contributed by atoms with Crippen molar-refractivity contribution >= 4 is 34.7 Å². The van der Waals surface area contributed by atoms with Crippen molar-refractivity contribution in [2.45, 2.75) is 35.5 Å². The van der Waals surface area contributed by atoms with Crippen LogP contribution in [-0.2, 0) is 4.79 Å². The Hall–Kier alpha value is -1.44. The van der Waals surface area contributed by atoms with E-state index < -0.39 is 6.04 Å². The summed E-state index contributed by atoms with van der Waals surface area (Å²) < 4.78 is 0.894. The Bertz CT molecular complexity index is 571. The summed E-state index contributed by atoms with van der Waals surface area (Å²) in [6, 6.07) is 7.13. The minimum atomic E-state index is -0.481. The highest BCUT2D eigenvalue weighted by Gasteiger charge is 2.19. The van der Waals surface area contributed by atoms with E-state index in [1.165, 1.54) is 11.3 Å². The van der Waals surface area contributed by atoms with Crippen molar-refractivity contribution in [2.75, 3.05) is 5.32 Å². The topological polar surface area (TPSA) is 80.9 Å². The van der Waals surface area contributed by atoms with Gasteiger partial charge in [-0.1, -0.05) is 43.4 Å². The number of hydrogen-bond acceptors (Lipinski definition) is 6. The first-order chi connectivity index (χ1) is 10.1. The number of aromatic nitrogens is 2. The zero-order chi connectivity index (χ0) is 15.2. The van der Waals surface area contributed by atoms with Crippen LogP contribution in [0.4, 0.5) is 5.69 Å². The van der Waals surface area contributed by atoms with Crippen molar-refractivity contribution in [3.63, 3.8) is 0 Å². The van der Waals surface area contributed by atoms with Gasteiger partial charge < -0.3 is 11.1 Å². The molecule has 0 fully saturated rings. The van der Waals surface area contributed by atoms with Crippen molar-refractivity contribution in [1.29, 1.82) is 0 Å². The first-order valence-corrected chi connectivity index (χ1v) is 8.40. The van der Waals surface area contributed by atoms with Gasteiger partial charge in [-0.25, -0.2) is 0 Å². The molecule has 112 valence electrons. The Balaban J connectivity index is 1.94. The predicted molar refractivity (Wildman–Crippen MR) is 86.5 cm³/mol. The second-order valence-corrected chi connectivity index (χ2v) is 6.89. The van der Waals surface area contributed by atoms with Gasteiger partial charge in [0.15, 0.2) is 4.34 Å². The van der Waals surface area contributed by atoms with Gasteiger partial charge in [-0.3, -0.25) is 4.79 Å². The number of nitrogens with one attached hydrogen (secondary N) is 1. The first-order valence-electron chi connectivity index (χ1n) is 6.70. The summed E-state index contributed by atoms with van der Waals surface area (Å²) in [5.41, 5.74) is 8.36. The van der Waals surface area contributed by atoms with E-state index in [0.29, 0.717) is 0 Å². The molecule has 0 aliphatic carbocycles. The third-order valence-corrected chi connectivity index (χ3v) is 5.01. The molecule has 2 aromatic rings. The number of nitrogens with two attached hydrogens (primary N) is 1. The van der Waals surface area contributed by atoms with Crippen LogP contribution in [0.1, 0.15) is 20.3 Å². The average Bonchev–Trinajstić information content (AvgIpc) is 3.00. The standard InChI is InChI=1S/C14H18N4OS2/c1-3-9(2)12(15)13(19)17-10-4-6-11(7-5-10)21-14-18-16-8-20-14/h4-9,12H,3,15H2,1-2H3,(H,17,19). The fourth-order valence-electron chi connectivity index (χ4n) is 1.65. The number of carbonyl (C=O) groups is 1. The van der Waals surface area contributed by atoms with Gasteiger partial charge in [0, 0.05) is 10.6 Å². The summed E-state index contributed by atoms with van der Waals surface area (Å²) in [5, 5.41) is 10.6. The molecule has 0 saturated carbocycles. The molecule has 0 aliphatic rings. The van der Waals surface area contributed by atoms with Crippen LogP contribution in [0.25, 0.3) is 0 Å². The van der Waals surface area contributed by atoms with Crippen molar-refractivity contribution in [3.05, 3.63) is 29.8 Å². The summed E-state index contributed by atoms with van der Waals surface area (Å²) in [6.45, 7) is 4.00. The lowest BCUT2D eigenvalue weighted by Crippen LogP contribution is -2.40. The van der Waals surface area contributed by atoms with Crippen molar-refractivity contribution < 1.29 is 4.79 Å². The third kappa shape index (κ3) is 4.52. The highest BCUT2D eigenvalue weighted by molar-refractivity contribution is 8.01. The van der Waals surface area contributed by atoms with E-state index in [0.717, 1.165) is 21.3 Å². The lowest BCUT2D eigenvalue weighted by atomic mass is 9.99. The Morgan fingerprint density at radius 3 is 2.71 bits per heavy atom. The molecular weight excluding hydrogens is 304 g/mol. The Kier molecular flexibility index (Phi) is 5.72. The molecule has 7 heteroatoms. The van der Waals surface area contributed by atoms with Gasteiger partial charge in [-0.15, -0.1) is 10.2 Å². The predicted octanol–water partition coefficient (Wildman–Crippen LogP) is 3.00. The SMILES string of the molecule is CCC(C)C(N)C(=O)Nc1ccc(Sc2nncs2)cc1. The van der Waals surface area contributed by atoms with Crippen molar-refractivity contribution in [2.24, 2.45) is 11.7 Å². The molecule has 0 spiro atoms. The molecule has 0 radical (unpaired) electrons. The molecule has 1 amide bonds. The molecule has 0 aliphatic heterocycles. The number of carbonyl (C=O) groups excluding carboxylic acids is 1. The normalized spacial score (nSPS) is 13.7. The van der Waals surface area contributed by atoms with Crippen LogP contribution in [0, 0.1) is 5.92 Å². The molecular formula is C14H18N4OS2. The van der Waals surface area contributed by atoms with Gasteiger partial charge >= 0.3 is 0 Å². The molecule has 1 aromatic heterocycles. The maximum Gasteiger partial charge on any atom is 0.241 e. The summed E-state index contributed by atoms with van der Waals surface area (Å²) >= 11 is 3.04. The van der Waals surface area contributed by atoms with Crippen LogP contribution < -0.4 is 11.1 Å². The number of amides is 1. The largest absolute Gasteiger partial charge is 0.325 e. The average molecular weight is 322 g/mol. The van der Waals surface area contributed by atoms with E-state index in [4.69, 9.17) is 5.73 Å². The number of hydrogen-bond donors (Lipinski definition) is 2. The lowest BCUT2D eigenvalue weighted by Gasteiger charge is -2.17. The minimum Gasteiger partial charge on any atom is -0.325 e. The van der Waals surface area contributed by atoms with Crippen LogP contribution in [-0.4, -0.2) is 22.1 Å². The fraction of sp³-hybridized carbons (Fsp3) is 0.357. The third-order valence-electron chi connectivity index (χ3n) is 3.23.